The number of imidazole rings is 1. The fourth-order valence-corrected chi connectivity index (χ4v) is 4.37. The summed E-state index contributed by atoms with van der Waals surface area (Å²) in [6.07, 6.45) is 0.374. The lowest BCUT2D eigenvalue weighted by molar-refractivity contribution is -0.137. The maximum Gasteiger partial charge on any atom is 0.416 e. The zero-order chi connectivity index (χ0) is 24.0. The van der Waals surface area contributed by atoms with Gasteiger partial charge in [-0.05, 0) is 38.3 Å². The normalized spacial score (nSPS) is 19.0. The number of amidine groups is 2. The fraction of sp³-hybridized carbons (Fsp3) is 0.435. The number of aryl methyl sites for hydroxylation is 1. The van der Waals surface area contributed by atoms with Crippen LogP contribution in [0.5, 0.6) is 0 Å². The summed E-state index contributed by atoms with van der Waals surface area (Å²) in [6.45, 7) is 2.98. The number of likely N-dealkylation sites (tertiary alicyclic amines) is 1. The smallest absolute Gasteiger partial charge is 0.364 e. The van der Waals surface area contributed by atoms with Crippen molar-refractivity contribution in [2.24, 2.45) is 5.92 Å². The molecule has 1 aromatic carbocycles. The molecule has 1 aliphatic carbocycles. The molecule has 1 saturated heterocycles. The largest absolute Gasteiger partial charge is 0.416 e. The molecule has 1 saturated carbocycles. The zero-order valence-electron chi connectivity index (χ0n) is 18.7. The molecule has 5 rings (SSSR count). The summed E-state index contributed by atoms with van der Waals surface area (Å²) in [4.78, 5) is 15.3. The highest BCUT2D eigenvalue weighted by molar-refractivity contribution is 6.00. The molecule has 3 N–H and O–H groups in total. The van der Waals surface area contributed by atoms with Crippen molar-refractivity contribution >= 4 is 28.7 Å². The Hall–Kier alpha value is -3.50. The quantitative estimate of drug-likeness (QED) is 0.368. The van der Waals surface area contributed by atoms with Crippen molar-refractivity contribution in [2.75, 3.05) is 11.9 Å². The average Bonchev–Trinajstić information content (AvgIpc) is 3.60. The van der Waals surface area contributed by atoms with Crippen LogP contribution in [0.1, 0.15) is 38.2 Å². The summed E-state index contributed by atoms with van der Waals surface area (Å²) in [7, 11) is 0. The Bertz CT molecular complexity index is 1240. The average molecular weight is 471 g/mol. The van der Waals surface area contributed by atoms with Gasteiger partial charge in [0.1, 0.15) is 23.8 Å². The van der Waals surface area contributed by atoms with Gasteiger partial charge in [0.2, 0.25) is 0 Å². The van der Waals surface area contributed by atoms with Gasteiger partial charge < -0.3 is 14.8 Å². The zero-order valence-corrected chi connectivity index (χ0v) is 18.7. The second-order valence-corrected chi connectivity index (χ2v) is 8.75. The maximum absolute atomic E-state index is 13.0. The first-order valence-corrected chi connectivity index (χ1v) is 11.3. The molecule has 0 spiro atoms. The number of fused-ring (bicyclic) bond motifs is 1. The molecule has 0 bridgehead atoms. The third kappa shape index (κ3) is 4.10. The van der Waals surface area contributed by atoms with Crippen LogP contribution in [-0.2, 0) is 12.7 Å². The molecule has 3 aromatic rings. The standard InChI is InChI=1S/C23H25F3N8/c1-2-33-21(14-5-7-15(8-6-14)23(24,25)26)32-18-20(29-12-30-22(18)33)31-16-9-10-17(27)34(11-16)19(28)13-3-4-13/h5-8,12-13,16,27-28H,2-4,9-11H2,1H3,(H,29,30,31). The maximum atomic E-state index is 13.0. The highest BCUT2D eigenvalue weighted by atomic mass is 19.4. The molecule has 178 valence electrons. The molecule has 1 unspecified atom stereocenters. The Morgan fingerprint density at radius 1 is 1.15 bits per heavy atom. The van der Waals surface area contributed by atoms with Crippen molar-refractivity contribution in [2.45, 2.75) is 51.4 Å². The van der Waals surface area contributed by atoms with Crippen LogP contribution in [0.3, 0.4) is 0 Å². The van der Waals surface area contributed by atoms with Gasteiger partial charge in [-0.3, -0.25) is 10.8 Å². The van der Waals surface area contributed by atoms with Crippen molar-refractivity contribution in [1.29, 1.82) is 10.8 Å². The minimum Gasteiger partial charge on any atom is -0.364 e. The van der Waals surface area contributed by atoms with Gasteiger partial charge in [-0.1, -0.05) is 12.1 Å². The Balaban J connectivity index is 1.44. The number of anilines is 1. The van der Waals surface area contributed by atoms with E-state index in [1.807, 2.05) is 11.5 Å². The lowest BCUT2D eigenvalue weighted by Crippen LogP contribution is -2.48. The summed E-state index contributed by atoms with van der Waals surface area (Å²) in [5.41, 5.74) is 1.00. The van der Waals surface area contributed by atoms with Crippen LogP contribution in [0.4, 0.5) is 19.0 Å². The van der Waals surface area contributed by atoms with Crippen LogP contribution in [0.15, 0.2) is 30.6 Å². The molecule has 34 heavy (non-hydrogen) atoms. The first-order valence-electron chi connectivity index (χ1n) is 11.3. The monoisotopic (exact) mass is 470 g/mol. The molecular formula is C23H25F3N8. The molecule has 0 amide bonds. The van der Waals surface area contributed by atoms with Crippen LogP contribution in [-0.4, -0.2) is 48.7 Å². The number of piperidine rings is 1. The molecule has 2 aliphatic rings. The van der Waals surface area contributed by atoms with E-state index < -0.39 is 11.7 Å². The van der Waals surface area contributed by atoms with Gasteiger partial charge in [0.15, 0.2) is 17.0 Å². The molecule has 0 radical (unpaired) electrons. The van der Waals surface area contributed by atoms with Crippen LogP contribution in [0.2, 0.25) is 0 Å². The van der Waals surface area contributed by atoms with Gasteiger partial charge in [0.25, 0.3) is 0 Å². The van der Waals surface area contributed by atoms with Crippen molar-refractivity contribution in [3.63, 3.8) is 0 Å². The molecule has 3 heterocycles. The van der Waals surface area contributed by atoms with E-state index in [2.05, 4.69) is 15.3 Å². The summed E-state index contributed by atoms with van der Waals surface area (Å²) < 4.78 is 40.8. The molecule has 8 nitrogen and oxygen atoms in total. The number of hydrogen-bond acceptors (Lipinski definition) is 6. The van der Waals surface area contributed by atoms with Crippen molar-refractivity contribution in [3.05, 3.63) is 36.2 Å². The number of nitrogens with zero attached hydrogens (tertiary/aromatic N) is 5. The summed E-state index contributed by atoms with van der Waals surface area (Å²) in [5, 5.41) is 20.1. The summed E-state index contributed by atoms with van der Waals surface area (Å²) in [5.74, 6) is 2.32. The lowest BCUT2D eigenvalue weighted by atomic mass is 10.0. The number of hydrogen-bond donors (Lipinski definition) is 3. The molecule has 11 heteroatoms. The first-order chi connectivity index (χ1) is 16.3. The lowest BCUT2D eigenvalue weighted by Gasteiger charge is -2.35. The van der Waals surface area contributed by atoms with E-state index in [1.54, 1.807) is 4.90 Å². The molecule has 1 atom stereocenters. The van der Waals surface area contributed by atoms with E-state index >= 15 is 0 Å². The number of rotatable bonds is 5. The van der Waals surface area contributed by atoms with Crippen molar-refractivity contribution in [1.82, 2.24) is 24.4 Å². The third-order valence-electron chi connectivity index (χ3n) is 6.37. The van der Waals surface area contributed by atoms with Gasteiger partial charge in [-0.25, -0.2) is 15.0 Å². The number of alkyl halides is 3. The molecular weight excluding hydrogens is 445 g/mol. The highest BCUT2D eigenvalue weighted by Gasteiger charge is 2.35. The predicted molar refractivity (Wildman–Crippen MR) is 123 cm³/mol. The Morgan fingerprint density at radius 2 is 1.88 bits per heavy atom. The second kappa shape index (κ2) is 8.37. The van der Waals surface area contributed by atoms with Gasteiger partial charge in [-0.2, -0.15) is 13.2 Å². The van der Waals surface area contributed by atoms with E-state index in [0.717, 1.165) is 31.4 Å². The Morgan fingerprint density at radius 3 is 2.53 bits per heavy atom. The van der Waals surface area contributed by atoms with E-state index in [9.17, 15) is 13.2 Å². The summed E-state index contributed by atoms with van der Waals surface area (Å²) in [6, 6.07) is 4.93. The summed E-state index contributed by atoms with van der Waals surface area (Å²) >= 11 is 0. The van der Waals surface area contributed by atoms with E-state index in [-0.39, 0.29) is 12.0 Å². The predicted octanol–water partition coefficient (Wildman–Crippen LogP) is 4.77. The van der Waals surface area contributed by atoms with Crippen LogP contribution in [0.25, 0.3) is 22.6 Å². The van der Waals surface area contributed by atoms with Crippen LogP contribution < -0.4 is 5.32 Å². The topological polar surface area (TPSA) is 107 Å². The second-order valence-electron chi connectivity index (χ2n) is 8.75. The third-order valence-corrected chi connectivity index (χ3v) is 6.37. The van der Waals surface area contributed by atoms with Crippen LogP contribution in [0, 0.1) is 16.7 Å². The Labute approximate surface area is 194 Å². The highest BCUT2D eigenvalue weighted by Crippen LogP contribution is 2.34. The molecule has 1 aliphatic heterocycles. The SMILES string of the molecule is CCn1c(-c2ccc(C(F)(F)F)cc2)nc2c(NC3CCC(=N)N(C(=N)C4CC4)C3)ncnc21. The number of halogens is 3. The number of benzene rings is 1. The Kier molecular flexibility index (Phi) is 5.49. The van der Waals surface area contributed by atoms with Crippen LogP contribution >= 0.6 is 0 Å². The fourth-order valence-electron chi connectivity index (χ4n) is 4.37. The van der Waals surface area contributed by atoms with Crippen molar-refractivity contribution in [3.8, 4) is 11.4 Å². The molecule has 2 fully saturated rings. The molecule has 2 aromatic heterocycles. The first kappa shape index (κ1) is 22.3. The number of nitrogens with one attached hydrogen (secondary N) is 3. The van der Waals surface area contributed by atoms with Gasteiger partial charge in [0, 0.05) is 37.0 Å². The minimum absolute atomic E-state index is 0.0207. The van der Waals surface area contributed by atoms with Gasteiger partial charge in [-0.15, -0.1) is 0 Å². The van der Waals surface area contributed by atoms with E-state index in [0.29, 0.717) is 59.6 Å². The van der Waals surface area contributed by atoms with Gasteiger partial charge >= 0.3 is 6.18 Å². The van der Waals surface area contributed by atoms with Gasteiger partial charge in [0.05, 0.1) is 5.56 Å². The van der Waals surface area contributed by atoms with E-state index in [4.69, 9.17) is 15.8 Å². The minimum atomic E-state index is -4.40. The number of aromatic nitrogens is 4. The van der Waals surface area contributed by atoms with Crippen molar-refractivity contribution < 1.29 is 13.2 Å². The van der Waals surface area contributed by atoms with E-state index in [1.165, 1.54) is 18.5 Å².